The van der Waals surface area contributed by atoms with Crippen LogP contribution in [-0.2, 0) is 23.9 Å². The van der Waals surface area contributed by atoms with Gasteiger partial charge in [0.15, 0.2) is 0 Å². The number of anilines is 1. The second-order valence-electron chi connectivity index (χ2n) is 10.7. The van der Waals surface area contributed by atoms with E-state index in [0.717, 1.165) is 12.8 Å². The molecule has 9 heteroatoms. The Morgan fingerprint density at radius 2 is 1.90 bits per heavy atom. The summed E-state index contributed by atoms with van der Waals surface area (Å²) in [4.78, 5) is 45.3. The number of rotatable bonds is 14. The van der Waals surface area contributed by atoms with Crippen LogP contribution in [0.15, 0.2) is 36.9 Å². The number of nitrogens with zero attached hydrogens (tertiary/aromatic N) is 2. The van der Waals surface area contributed by atoms with Crippen LogP contribution in [0.4, 0.5) is 5.69 Å². The van der Waals surface area contributed by atoms with Crippen molar-refractivity contribution >= 4 is 23.5 Å². The Kier molecular flexibility index (Phi) is 9.01. The summed E-state index contributed by atoms with van der Waals surface area (Å²) >= 11 is 0. The lowest BCUT2D eigenvalue weighted by Crippen LogP contribution is -2.56. The second-order valence-corrected chi connectivity index (χ2v) is 10.7. The summed E-state index contributed by atoms with van der Waals surface area (Å²) in [6.07, 6.45) is 6.36. The first-order valence-corrected chi connectivity index (χ1v) is 14.2. The minimum Gasteiger partial charge on any atom is -0.497 e. The number of methoxy groups -OCH3 is 1. The Balaban J connectivity index is 1.74. The average molecular weight is 543 g/mol. The molecule has 2 bridgehead atoms. The van der Waals surface area contributed by atoms with Crippen LogP contribution in [0.3, 0.4) is 0 Å². The van der Waals surface area contributed by atoms with Crippen LogP contribution in [-0.4, -0.2) is 78.4 Å². The van der Waals surface area contributed by atoms with Crippen molar-refractivity contribution in [1.82, 2.24) is 4.90 Å². The number of aliphatic hydroxyl groups excluding tert-OH is 1. The molecule has 0 aliphatic carbocycles. The zero-order valence-corrected chi connectivity index (χ0v) is 23.4. The number of aliphatic hydroxyl groups is 1. The molecule has 1 aromatic rings. The number of carbonyl (C=O) groups is 3. The van der Waals surface area contributed by atoms with Gasteiger partial charge in [-0.15, -0.1) is 6.58 Å². The van der Waals surface area contributed by atoms with Crippen molar-refractivity contribution in [2.45, 2.75) is 76.0 Å². The van der Waals surface area contributed by atoms with Crippen LogP contribution >= 0.6 is 0 Å². The highest BCUT2D eigenvalue weighted by atomic mass is 16.6. The maximum atomic E-state index is 14.5. The molecule has 4 rings (SSSR count). The number of hydrogen-bond acceptors (Lipinski definition) is 7. The molecule has 3 aliphatic heterocycles. The number of fused-ring (bicyclic) bond motifs is 1. The summed E-state index contributed by atoms with van der Waals surface area (Å²) in [7, 11) is 1.58. The normalized spacial score (nSPS) is 28.9. The predicted octanol–water partition coefficient (Wildman–Crippen LogP) is 3.48. The number of hydrogen-bond donors (Lipinski definition) is 1. The minimum absolute atomic E-state index is 0.126. The Labute approximate surface area is 231 Å². The third-order valence-electron chi connectivity index (χ3n) is 8.72. The second kappa shape index (κ2) is 12.1. The van der Waals surface area contributed by atoms with Gasteiger partial charge in [-0.3, -0.25) is 14.4 Å². The summed E-state index contributed by atoms with van der Waals surface area (Å²) in [5.74, 6) is -1.72. The molecule has 3 fully saturated rings. The van der Waals surface area contributed by atoms with Gasteiger partial charge >= 0.3 is 5.97 Å². The summed E-state index contributed by atoms with van der Waals surface area (Å²) in [6, 6.07) is 6.33. The molecule has 9 nitrogen and oxygen atoms in total. The molecule has 1 aromatic carbocycles. The van der Waals surface area contributed by atoms with Gasteiger partial charge in [0.2, 0.25) is 5.91 Å². The van der Waals surface area contributed by atoms with E-state index < -0.39 is 35.0 Å². The average Bonchev–Trinajstić information content (AvgIpc) is 3.55. The maximum Gasteiger partial charge on any atom is 0.312 e. The molecule has 3 saturated heterocycles. The lowest BCUT2D eigenvalue weighted by Gasteiger charge is -2.37. The highest BCUT2D eigenvalue weighted by Crippen LogP contribution is 2.64. The summed E-state index contributed by atoms with van der Waals surface area (Å²) in [5, 5.41) is 9.15. The molecular weight excluding hydrogens is 500 g/mol. The Morgan fingerprint density at radius 3 is 2.51 bits per heavy atom. The zero-order valence-electron chi connectivity index (χ0n) is 23.4. The molecule has 2 unspecified atom stereocenters. The molecule has 2 amide bonds. The van der Waals surface area contributed by atoms with E-state index in [9.17, 15) is 14.4 Å². The molecule has 39 heavy (non-hydrogen) atoms. The van der Waals surface area contributed by atoms with Crippen LogP contribution in [0.5, 0.6) is 5.75 Å². The van der Waals surface area contributed by atoms with Gasteiger partial charge < -0.3 is 29.1 Å². The van der Waals surface area contributed by atoms with Gasteiger partial charge in [-0.2, -0.15) is 0 Å². The van der Waals surface area contributed by atoms with Gasteiger partial charge in [-0.25, -0.2) is 0 Å². The van der Waals surface area contributed by atoms with Gasteiger partial charge in [0.05, 0.1) is 25.2 Å². The van der Waals surface area contributed by atoms with Gasteiger partial charge in [0, 0.05) is 25.4 Å². The third kappa shape index (κ3) is 4.95. The van der Waals surface area contributed by atoms with Crippen molar-refractivity contribution in [2.24, 2.45) is 11.8 Å². The number of ether oxygens (including phenoxy) is 3. The molecule has 214 valence electrons. The van der Waals surface area contributed by atoms with Crippen molar-refractivity contribution in [2.75, 3.05) is 38.3 Å². The van der Waals surface area contributed by atoms with Crippen LogP contribution in [0.2, 0.25) is 0 Å². The van der Waals surface area contributed by atoms with E-state index in [4.69, 9.17) is 19.3 Å². The van der Waals surface area contributed by atoms with Crippen molar-refractivity contribution in [3.8, 4) is 5.75 Å². The summed E-state index contributed by atoms with van der Waals surface area (Å²) in [5.41, 5.74) is -1.25. The first-order valence-electron chi connectivity index (χ1n) is 14.2. The summed E-state index contributed by atoms with van der Waals surface area (Å²) in [6.45, 7) is 8.55. The monoisotopic (exact) mass is 542 g/mol. The topological polar surface area (TPSA) is 106 Å². The van der Waals surface area contributed by atoms with E-state index in [2.05, 4.69) is 6.58 Å². The highest BCUT2D eigenvalue weighted by Gasteiger charge is 2.79. The number of benzene rings is 1. The van der Waals surface area contributed by atoms with E-state index in [1.54, 1.807) is 42.0 Å². The fraction of sp³-hybridized carbons (Fsp3) is 0.633. The fourth-order valence-electron chi connectivity index (χ4n) is 6.94. The molecule has 1 N–H and O–H groups in total. The van der Waals surface area contributed by atoms with Crippen molar-refractivity contribution < 1.29 is 33.7 Å². The Hall–Kier alpha value is -2.91. The lowest BCUT2D eigenvalue weighted by molar-refractivity contribution is -0.160. The van der Waals surface area contributed by atoms with Crippen LogP contribution in [0, 0.1) is 11.8 Å². The molecule has 1 spiro atoms. The van der Waals surface area contributed by atoms with Crippen molar-refractivity contribution in [3.63, 3.8) is 0 Å². The van der Waals surface area contributed by atoms with Gasteiger partial charge in [-0.05, 0) is 63.3 Å². The predicted molar refractivity (Wildman–Crippen MR) is 146 cm³/mol. The lowest BCUT2D eigenvalue weighted by atomic mass is 9.65. The van der Waals surface area contributed by atoms with Crippen LogP contribution < -0.4 is 9.64 Å². The summed E-state index contributed by atoms with van der Waals surface area (Å²) < 4.78 is 17.5. The molecule has 0 aromatic heterocycles. The molecular formula is C30H42N2O7. The first-order chi connectivity index (χ1) is 18.8. The largest absolute Gasteiger partial charge is 0.497 e. The Morgan fingerprint density at radius 1 is 1.18 bits per heavy atom. The SMILES string of the molecule is C=CCN(C(=O)C1N(CCCCCCO)C(=O)[C@@H]2[C@H](C(=O)OCC)[C@]3(CC)CCC12O3)c1ccc(OC)cc1. The van der Waals surface area contributed by atoms with Crippen molar-refractivity contribution in [3.05, 3.63) is 36.9 Å². The van der Waals surface area contributed by atoms with Gasteiger partial charge in [-0.1, -0.05) is 25.8 Å². The number of carbonyl (C=O) groups excluding carboxylic acids is 3. The smallest absolute Gasteiger partial charge is 0.312 e. The van der Waals surface area contributed by atoms with Crippen molar-refractivity contribution in [1.29, 1.82) is 0 Å². The van der Waals surface area contributed by atoms with E-state index in [1.807, 2.05) is 19.1 Å². The standard InChI is InChI=1S/C30H42N2O7/c1-5-18-31(21-12-14-22(37-4)15-13-21)27(35)25-30-17-16-29(6-2,39-30)24(28(36)38-7-3)23(30)26(34)32(25)19-10-8-9-11-20-33/h5,12-15,23-25,33H,1,6-11,16-20H2,2-4H3/t23-,24+,25?,29-,30?/m0/s1. The molecule has 0 saturated carbocycles. The number of amides is 2. The van der Waals surface area contributed by atoms with Gasteiger partial charge in [0.1, 0.15) is 23.3 Å². The van der Waals surface area contributed by atoms with Crippen LogP contribution in [0.1, 0.15) is 58.8 Å². The quantitative estimate of drug-likeness (QED) is 0.218. The number of unbranched alkanes of at least 4 members (excludes halogenated alkanes) is 3. The minimum atomic E-state index is -1.10. The van der Waals surface area contributed by atoms with E-state index in [-0.39, 0.29) is 31.6 Å². The maximum absolute atomic E-state index is 14.5. The fourth-order valence-corrected chi connectivity index (χ4v) is 6.94. The number of likely N-dealkylation sites (tertiary alicyclic amines) is 1. The first kappa shape index (κ1) is 29.1. The highest BCUT2D eigenvalue weighted by molar-refractivity contribution is 6.04. The van der Waals surface area contributed by atoms with Crippen LogP contribution in [0.25, 0.3) is 0 Å². The van der Waals surface area contributed by atoms with E-state index in [0.29, 0.717) is 50.1 Å². The van der Waals surface area contributed by atoms with Gasteiger partial charge in [0.25, 0.3) is 5.91 Å². The molecule has 3 heterocycles. The zero-order chi connectivity index (χ0) is 28.2. The number of esters is 1. The third-order valence-corrected chi connectivity index (χ3v) is 8.72. The molecule has 0 radical (unpaired) electrons. The molecule has 3 aliphatic rings. The van der Waals surface area contributed by atoms with E-state index >= 15 is 0 Å². The molecule has 5 atom stereocenters. The Bertz CT molecular complexity index is 1060. The van der Waals surface area contributed by atoms with E-state index in [1.165, 1.54) is 0 Å².